The Kier molecular flexibility index (Phi) is 2.44. The number of phenols is 1. The second-order valence-corrected chi connectivity index (χ2v) is 3.88. The number of ether oxygens (including phenoxy) is 1. The molecule has 1 aliphatic rings. The van der Waals surface area contributed by atoms with Crippen molar-refractivity contribution >= 4 is 0 Å². The van der Waals surface area contributed by atoms with Gasteiger partial charge in [-0.05, 0) is 30.5 Å². The first kappa shape index (κ1) is 9.49. The minimum Gasteiger partial charge on any atom is -0.508 e. The highest BCUT2D eigenvalue weighted by molar-refractivity contribution is 5.45. The van der Waals surface area contributed by atoms with Crippen LogP contribution in [0.3, 0.4) is 0 Å². The first-order valence-corrected chi connectivity index (χ1v) is 4.84. The molecular weight excluding hydrogens is 178 g/mol. The Balaban J connectivity index is 2.41. The number of rotatable bonds is 2. The van der Waals surface area contributed by atoms with Crippen LogP contribution in [0.5, 0.6) is 5.75 Å². The number of hydrogen-bond acceptors (Lipinski definition) is 3. The summed E-state index contributed by atoms with van der Waals surface area (Å²) in [4.78, 5) is 0. The molecule has 0 aliphatic carbocycles. The zero-order chi connectivity index (χ0) is 10.1. The van der Waals surface area contributed by atoms with E-state index in [-0.39, 0.29) is 6.04 Å². The minimum atomic E-state index is 0.0630. The third-order valence-corrected chi connectivity index (χ3v) is 2.53. The molecule has 0 aromatic heterocycles. The molecule has 1 aliphatic heterocycles. The molecule has 0 spiro atoms. The maximum Gasteiger partial charge on any atom is 0.119 e. The number of phenolic OH excluding ortho intramolecular Hbond substituents is 1. The van der Waals surface area contributed by atoms with Gasteiger partial charge in [0, 0.05) is 11.6 Å². The average molecular weight is 193 g/mol. The minimum absolute atomic E-state index is 0.0630. The fraction of sp³-hybridized carbons (Fsp3) is 0.455. The van der Waals surface area contributed by atoms with Gasteiger partial charge < -0.3 is 15.6 Å². The lowest BCUT2D eigenvalue weighted by atomic mass is 9.97. The summed E-state index contributed by atoms with van der Waals surface area (Å²) in [7, 11) is 0. The van der Waals surface area contributed by atoms with Gasteiger partial charge in [0.1, 0.15) is 5.75 Å². The molecule has 76 valence electrons. The largest absolute Gasteiger partial charge is 0.508 e. The molecule has 0 bridgehead atoms. The molecule has 1 aromatic carbocycles. The highest BCUT2D eigenvalue weighted by Crippen LogP contribution is 2.30. The second kappa shape index (κ2) is 3.59. The van der Waals surface area contributed by atoms with E-state index in [1.807, 2.05) is 13.0 Å². The molecular formula is C11H15NO2. The lowest BCUT2D eigenvalue weighted by Gasteiger charge is -2.11. The molecule has 14 heavy (non-hydrogen) atoms. The molecule has 3 N–H and O–H groups in total. The number of aromatic hydroxyl groups is 1. The molecule has 0 radical (unpaired) electrons. The van der Waals surface area contributed by atoms with Gasteiger partial charge >= 0.3 is 0 Å². The van der Waals surface area contributed by atoms with E-state index in [9.17, 15) is 5.11 Å². The van der Waals surface area contributed by atoms with E-state index in [2.05, 4.69) is 0 Å². The number of benzene rings is 1. The lowest BCUT2D eigenvalue weighted by Crippen LogP contribution is -2.18. The summed E-state index contributed by atoms with van der Waals surface area (Å²) in [6.45, 7) is 3.20. The second-order valence-electron chi connectivity index (χ2n) is 3.88. The van der Waals surface area contributed by atoms with Crippen molar-refractivity contribution in [2.24, 2.45) is 5.73 Å². The van der Waals surface area contributed by atoms with Gasteiger partial charge in [-0.25, -0.2) is 0 Å². The summed E-state index contributed by atoms with van der Waals surface area (Å²) in [6.07, 6.45) is 0.707. The van der Waals surface area contributed by atoms with Crippen molar-refractivity contribution in [2.45, 2.75) is 32.6 Å². The van der Waals surface area contributed by atoms with Crippen molar-refractivity contribution in [2.75, 3.05) is 0 Å². The summed E-state index contributed by atoms with van der Waals surface area (Å²) >= 11 is 0. The first-order valence-electron chi connectivity index (χ1n) is 4.84. The van der Waals surface area contributed by atoms with Crippen LogP contribution in [0.15, 0.2) is 12.1 Å². The predicted octanol–water partition coefficient (Wildman–Crippen LogP) is 1.31. The Bertz CT molecular complexity index is 347. The molecule has 0 amide bonds. The van der Waals surface area contributed by atoms with E-state index in [1.165, 1.54) is 5.56 Å². The summed E-state index contributed by atoms with van der Waals surface area (Å²) in [6, 6.07) is 3.71. The Hall–Kier alpha value is -1.06. The highest BCUT2D eigenvalue weighted by Gasteiger charge is 2.18. The number of nitrogens with two attached hydrogens (primary N) is 1. The first-order chi connectivity index (χ1) is 6.68. The van der Waals surface area contributed by atoms with E-state index >= 15 is 0 Å². The molecule has 1 aromatic rings. The van der Waals surface area contributed by atoms with E-state index in [0.717, 1.165) is 11.1 Å². The Morgan fingerprint density at radius 2 is 2.29 bits per heavy atom. The van der Waals surface area contributed by atoms with E-state index in [0.29, 0.717) is 25.4 Å². The summed E-state index contributed by atoms with van der Waals surface area (Å²) in [5.41, 5.74) is 9.00. The van der Waals surface area contributed by atoms with Crippen LogP contribution in [0.4, 0.5) is 0 Å². The Labute approximate surface area is 83.5 Å². The average Bonchev–Trinajstić information content (AvgIpc) is 2.57. The van der Waals surface area contributed by atoms with Crippen molar-refractivity contribution in [3.05, 3.63) is 28.8 Å². The fourth-order valence-corrected chi connectivity index (χ4v) is 1.86. The van der Waals surface area contributed by atoms with Crippen LogP contribution >= 0.6 is 0 Å². The topological polar surface area (TPSA) is 55.5 Å². The SMILES string of the molecule is CC(N)Cc1c(O)ccc2c1COC2. The molecule has 1 unspecified atom stereocenters. The summed E-state index contributed by atoms with van der Waals surface area (Å²) in [5.74, 6) is 0.339. The van der Waals surface area contributed by atoms with Gasteiger partial charge in [-0.15, -0.1) is 0 Å². The van der Waals surface area contributed by atoms with Gasteiger partial charge in [-0.3, -0.25) is 0 Å². The monoisotopic (exact) mass is 193 g/mol. The van der Waals surface area contributed by atoms with Crippen molar-refractivity contribution in [3.8, 4) is 5.75 Å². The normalized spacial score (nSPS) is 16.7. The van der Waals surface area contributed by atoms with Crippen LogP contribution in [-0.4, -0.2) is 11.1 Å². The molecule has 0 saturated heterocycles. The van der Waals surface area contributed by atoms with Crippen molar-refractivity contribution in [1.29, 1.82) is 0 Å². The molecule has 0 saturated carbocycles. The van der Waals surface area contributed by atoms with Crippen LogP contribution in [-0.2, 0) is 24.4 Å². The maximum atomic E-state index is 9.71. The number of hydrogen-bond donors (Lipinski definition) is 2. The van der Waals surface area contributed by atoms with Gasteiger partial charge in [0.15, 0.2) is 0 Å². The molecule has 1 atom stereocenters. The van der Waals surface area contributed by atoms with E-state index in [4.69, 9.17) is 10.5 Å². The molecule has 3 heteroatoms. The molecule has 3 nitrogen and oxygen atoms in total. The van der Waals surface area contributed by atoms with Crippen molar-refractivity contribution in [1.82, 2.24) is 0 Å². The van der Waals surface area contributed by atoms with E-state index < -0.39 is 0 Å². The molecule has 2 rings (SSSR count). The summed E-state index contributed by atoms with van der Waals surface area (Å²) < 4.78 is 5.34. The highest BCUT2D eigenvalue weighted by atomic mass is 16.5. The van der Waals surface area contributed by atoms with Gasteiger partial charge in [0.2, 0.25) is 0 Å². The van der Waals surface area contributed by atoms with E-state index in [1.54, 1.807) is 6.07 Å². The lowest BCUT2D eigenvalue weighted by molar-refractivity contribution is 0.134. The van der Waals surface area contributed by atoms with Gasteiger partial charge in [0.05, 0.1) is 13.2 Å². The number of fused-ring (bicyclic) bond motifs is 1. The van der Waals surface area contributed by atoms with Crippen LogP contribution in [0, 0.1) is 0 Å². The zero-order valence-electron chi connectivity index (χ0n) is 8.29. The third-order valence-electron chi connectivity index (χ3n) is 2.53. The molecule has 0 fully saturated rings. The Morgan fingerprint density at radius 3 is 3.00 bits per heavy atom. The fourth-order valence-electron chi connectivity index (χ4n) is 1.86. The Morgan fingerprint density at radius 1 is 1.50 bits per heavy atom. The summed E-state index contributed by atoms with van der Waals surface area (Å²) in [5, 5.41) is 9.71. The third kappa shape index (κ3) is 1.61. The zero-order valence-corrected chi connectivity index (χ0v) is 8.29. The quantitative estimate of drug-likeness (QED) is 0.744. The van der Waals surface area contributed by atoms with Crippen LogP contribution in [0.25, 0.3) is 0 Å². The van der Waals surface area contributed by atoms with Gasteiger partial charge in [0.25, 0.3) is 0 Å². The molecule has 1 heterocycles. The standard InChI is InChI=1S/C11H15NO2/c1-7(12)4-9-10-6-14-5-8(10)2-3-11(9)13/h2-3,7,13H,4-6,12H2,1H3. The smallest absolute Gasteiger partial charge is 0.119 e. The predicted molar refractivity (Wildman–Crippen MR) is 54.0 cm³/mol. The van der Waals surface area contributed by atoms with Crippen LogP contribution < -0.4 is 5.73 Å². The van der Waals surface area contributed by atoms with Crippen LogP contribution in [0.2, 0.25) is 0 Å². The van der Waals surface area contributed by atoms with Crippen molar-refractivity contribution < 1.29 is 9.84 Å². The maximum absolute atomic E-state index is 9.71. The van der Waals surface area contributed by atoms with Gasteiger partial charge in [-0.2, -0.15) is 0 Å². The van der Waals surface area contributed by atoms with Crippen LogP contribution in [0.1, 0.15) is 23.6 Å². The van der Waals surface area contributed by atoms with Gasteiger partial charge in [-0.1, -0.05) is 6.07 Å². The van der Waals surface area contributed by atoms with Crippen molar-refractivity contribution in [3.63, 3.8) is 0 Å².